The molecule has 2 nitrogen and oxygen atoms in total. The van der Waals surface area contributed by atoms with Gasteiger partial charge in [0.2, 0.25) is 0 Å². The highest BCUT2D eigenvalue weighted by Gasteiger charge is 2.27. The number of hydrogen-bond acceptors (Lipinski definition) is 3. The fourth-order valence-electron chi connectivity index (χ4n) is 2.10. The van der Waals surface area contributed by atoms with E-state index in [9.17, 15) is 0 Å². The van der Waals surface area contributed by atoms with E-state index in [0.717, 1.165) is 13.1 Å². The summed E-state index contributed by atoms with van der Waals surface area (Å²) in [4.78, 5) is 2.40. The van der Waals surface area contributed by atoms with E-state index in [4.69, 9.17) is 5.73 Å². The molecular formula is C14H25BrN2S. The lowest BCUT2D eigenvalue weighted by Gasteiger charge is -2.38. The molecule has 104 valence electrons. The summed E-state index contributed by atoms with van der Waals surface area (Å²) in [6.45, 7) is 6.22. The van der Waals surface area contributed by atoms with E-state index in [-0.39, 0.29) is 5.54 Å². The molecule has 0 spiro atoms. The zero-order valence-corrected chi connectivity index (χ0v) is 14.1. The quantitative estimate of drug-likeness (QED) is 0.721. The minimum Gasteiger partial charge on any atom is -0.329 e. The fraction of sp³-hybridized carbons (Fsp3) is 0.714. The molecule has 0 amide bonds. The van der Waals surface area contributed by atoms with Gasteiger partial charge in [0, 0.05) is 18.6 Å². The Kier molecular flexibility index (Phi) is 6.85. The van der Waals surface area contributed by atoms with Crippen molar-refractivity contribution in [2.24, 2.45) is 5.73 Å². The maximum absolute atomic E-state index is 6.00. The predicted molar refractivity (Wildman–Crippen MR) is 85.1 cm³/mol. The second-order valence-corrected chi connectivity index (χ2v) is 7.56. The molecular weight excluding hydrogens is 308 g/mol. The van der Waals surface area contributed by atoms with Gasteiger partial charge >= 0.3 is 0 Å². The normalized spacial score (nSPS) is 15.0. The van der Waals surface area contributed by atoms with E-state index >= 15 is 0 Å². The van der Waals surface area contributed by atoms with Crippen molar-refractivity contribution in [2.45, 2.75) is 51.6 Å². The van der Waals surface area contributed by atoms with Gasteiger partial charge in [-0.25, -0.2) is 0 Å². The van der Waals surface area contributed by atoms with Gasteiger partial charge in [0.05, 0.1) is 3.79 Å². The fourth-order valence-corrected chi connectivity index (χ4v) is 3.30. The Hall–Kier alpha value is 0.100. The van der Waals surface area contributed by atoms with Crippen LogP contribution >= 0.6 is 27.3 Å². The Morgan fingerprint density at radius 1 is 1.44 bits per heavy atom. The summed E-state index contributed by atoms with van der Waals surface area (Å²) >= 11 is 5.26. The van der Waals surface area contributed by atoms with Crippen LogP contribution in [0.2, 0.25) is 0 Å². The van der Waals surface area contributed by atoms with Crippen LogP contribution in [0.4, 0.5) is 0 Å². The van der Waals surface area contributed by atoms with E-state index < -0.39 is 0 Å². The van der Waals surface area contributed by atoms with Gasteiger partial charge in [-0.05, 0) is 53.3 Å². The number of unbranched alkanes of at least 4 members (excludes halogenated alkanes) is 2. The van der Waals surface area contributed by atoms with Crippen LogP contribution in [0.25, 0.3) is 0 Å². The summed E-state index contributed by atoms with van der Waals surface area (Å²) in [5.41, 5.74) is 7.48. The average molecular weight is 333 g/mol. The first kappa shape index (κ1) is 16.2. The predicted octanol–water partition coefficient (Wildman–Crippen LogP) is 4.24. The number of nitrogens with zero attached hydrogens (tertiary/aromatic N) is 1. The maximum atomic E-state index is 6.00. The Bertz CT molecular complexity index is 353. The Labute approximate surface area is 124 Å². The number of nitrogens with two attached hydrogens (primary N) is 1. The molecule has 1 unspecified atom stereocenters. The van der Waals surface area contributed by atoms with Crippen molar-refractivity contribution < 1.29 is 0 Å². The Balaban J connectivity index is 2.57. The van der Waals surface area contributed by atoms with Crippen molar-refractivity contribution in [3.63, 3.8) is 0 Å². The maximum Gasteiger partial charge on any atom is 0.0701 e. The zero-order valence-electron chi connectivity index (χ0n) is 11.7. The van der Waals surface area contributed by atoms with Crippen LogP contribution in [0.3, 0.4) is 0 Å². The van der Waals surface area contributed by atoms with Gasteiger partial charge in [-0.3, -0.25) is 4.90 Å². The first-order chi connectivity index (χ1) is 8.51. The molecule has 0 bridgehead atoms. The van der Waals surface area contributed by atoms with Crippen LogP contribution in [0.1, 0.15) is 45.1 Å². The molecule has 1 heterocycles. The van der Waals surface area contributed by atoms with Crippen LogP contribution < -0.4 is 5.73 Å². The van der Waals surface area contributed by atoms with Gasteiger partial charge in [-0.2, -0.15) is 0 Å². The lowest BCUT2D eigenvalue weighted by atomic mass is 9.92. The van der Waals surface area contributed by atoms with Crippen molar-refractivity contribution in [1.29, 1.82) is 0 Å². The highest BCUT2D eigenvalue weighted by molar-refractivity contribution is 9.11. The van der Waals surface area contributed by atoms with Crippen molar-refractivity contribution >= 4 is 27.3 Å². The summed E-state index contributed by atoms with van der Waals surface area (Å²) in [5.74, 6) is 0. The topological polar surface area (TPSA) is 29.3 Å². The monoisotopic (exact) mass is 332 g/mol. The summed E-state index contributed by atoms with van der Waals surface area (Å²) in [5, 5.41) is 2.21. The number of halogens is 1. The number of rotatable bonds is 8. The van der Waals surface area contributed by atoms with E-state index in [1.54, 1.807) is 11.3 Å². The minimum atomic E-state index is 0.115. The van der Waals surface area contributed by atoms with E-state index in [1.807, 2.05) is 0 Å². The molecule has 2 N–H and O–H groups in total. The number of thiophene rings is 1. The van der Waals surface area contributed by atoms with Crippen LogP contribution in [-0.2, 0) is 6.54 Å². The SMILES string of the molecule is CCCCCC(C)(CN)N(C)Cc1csc(Br)c1. The standard InChI is InChI=1S/C14H25BrN2S/c1-4-5-6-7-14(2,11-16)17(3)9-12-8-13(15)18-10-12/h8,10H,4-7,9,11,16H2,1-3H3. The summed E-state index contributed by atoms with van der Waals surface area (Å²) in [7, 11) is 2.18. The average Bonchev–Trinajstić information content (AvgIpc) is 2.74. The second kappa shape index (κ2) is 7.63. The first-order valence-electron chi connectivity index (χ1n) is 6.66. The van der Waals surface area contributed by atoms with Gasteiger partial charge in [-0.15, -0.1) is 11.3 Å². The number of likely N-dealkylation sites (N-methyl/N-ethyl adjacent to an activating group) is 1. The highest BCUT2D eigenvalue weighted by Crippen LogP contribution is 2.26. The molecule has 4 heteroatoms. The van der Waals surface area contributed by atoms with Crippen molar-refractivity contribution in [3.05, 3.63) is 20.8 Å². The smallest absolute Gasteiger partial charge is 0.0701 e. The van der Waals surface area contributed by atoms with E-state index in [2.05, 4.69) is 53.2 Å². The van der Waals surface area contributed by atoms with Gasteiger partial charge in [0.15, 0.2) is 0 Å². The zero-order chi connectivity index (χ0) is 13.6. The molecule has 1 aromatic heterocycles. The minimum absolute atomic E-state index is 0.115. The Morgan fingerprint density at radius 2 is 2.17 bits per heavy atom. The first-order valence-corrected chi connectivity index (χ1v) is 8.33. The van der Waals surface area contributed by atoms with Gasteiger partial charge in [0.25, 0.3) is 0 Å². The number of hydrogen-bond donors (Lipinski definition) is 1. The van der Waals surface area contributed by atoms with Crippen molar-refractivity contribution in [2.75, 3.05) is 13.6 Å². The van der Waals surface area contributed by atoms with Crippen molar-refractivity contribution in [3.8, 4) is 0 Å². The summed E-state index contributed by atoms with van der Waals surface area (Å²) in [6.07, 6.45) is 5.01. The molecule has 0 saturated heterocycles. The molecule has 1 rings (SSSR count). The molecule has 1 atom stereocenters. The molecule has 0 aliphatic rings. The van der Waals surface area contributed by atoms with Gasteiger partial charge in [0.1, 0.15) is 0 Å². The molecule has 0 aliphatic carbocycles. The molecule has 0 radical (unpaired) electrons. The molecule has 1 aromatic rings. The largest absolute Gasteiger partial charge is 0.329 e. The molecule has 0 saturated carbocycles. The van der Waals surface area contributed by atoms with Crippen LogP contribution in [0.5, 0.6) is 0 Å². The third-order valence-electron chi connectivity index (χ3n) is 3.72. The summed E-state index contributed by atoms with van der Waals surface area (Å²) < 4.78 is 1.20. The van der Waals surface area contributed by atoms with E-state index in [0.29, 0.717) is 0 Å². The summed E-state index contributed by atoms with van der Waals surface area (Å²) in [6, 6.07) is 2.20. The van der Waals surface area contributed by atoms with Gasteiger partial charge < -0.3 is 5.73 Å². The molecule has 18 heavy (non-hydrogen) atoms. The van der Waals surface area contributed by atoms with Crippen molar-refractivity contribution in [1.82, 2.24) is 4.90 Å². The van der Waals surface area contributed by atoms with Gasteiger partial charge in [-0.1, -0.05) is 26.2 Å². The lowest BCUT2D eigenvalue weighted by Crippen LogP contribution is -2.49. The third-order valence-corrected chi connectivity index (χ3v) is 5.27. The second-order valence-electron chi connectivity index (χ2n) is 5.27. The lowest BCUT2D eigenvalue weighted by molar-refractivity contribution is 0.123. The molecule has 0 aliphatic heterocycles. The molecule has 0 fully saturated rings. The van der Waals surface area contributed by atoms with E-state index in [1.165, 1.54) is 35.0 Å². The van der Waals surface area contributed by atoms with Crippen LogP contribution in [0.15, 0.2) is 15.2 Å². The third kappa shape index (κ3) is 4.65. The van der Waals surface area contributed by atoms with Crippen LogP contribution in [0, 0.1) is 0 Å². The van der Waals surface area contributed by atoms with Crippen LogP contribution in [-0.4, -0.2) is 24.0 Å². The Morgan fingerprint density at radius 3 is 2.67 bits per heavy atom. The molecule has 0 aromatic carbocycles. The highest BCUT2D eigenvalue weighted by atomic mass is 79.9.